The van der Waals surface area contributed by atoms with Crippen molar-refractivity contribution in [1.29, 1.82) is 0 Å². The Bertz CT molecular complexity index is 443. The molecule has 5 heteroatoms. The molecular weight excluding hydrogens is 192 g/mol. The summed E-state index contributed by atoms with van der Waals surface area (Å²) in [6, 6.07) is 0. The minimum absolute atomic E-state index is 0.0740. The molecule has 2 heterocycles. The lowest BCUT2D eigenvalue weighted by Gasteiger charge is -1.84. The molecule has 0 spiro atoms. The van der Waals surface area contributed by atoms with E-state index < -0.39 is 0 Å². The van der Waals surface area contributed by atoms with Gasteiger partial charge in [0.2, 0.25) is 0 Å². The molecule has 2 rings (SSSR count). The second kappa shape index (κ2) is 2.53. The normalized spacial score (nSPS) is 10.8. The third-order valence-corrected chi connectivity index (χ3v) is 3.44. The number of nitrogen functional groups attached to an aromatic ring is 1. The van der Waals surface area contributed by atoms with Crippen molar-refractivity contribution in [2.45, 2.75) is 6.92 Å². The summed E-state index contributed by atoms with van der Waals surface area (Å²) in [5.41, 5.74) is 6.25. The number of carbonyl (C=O) groups excluding carboxylic acids is 1. The molecule has 12 heavy (non-hydrogen) atoms. The summed E-state index contributed by atoms with van der Waals surface area (Å²) in [6.07, 6.45) is 0. The Kier molecular flexibility index (Phi) is 1.62. The van der Waals surface area contributed by atoms with Crippen molar-refractivity contribution in [3.63, 3.8) is 0 Å². The minimum Gasteiger partial charge on any atom is -0.375 e. The van der Waals surface area contributed by atoms with Gasteiger partial charge in [-0.2, -0.15) is 0 Å². The zero-order valence-electron chi connectivity index (χ0n) is 6.33. The van der Waals surface area contributed by atoms with Gasteiger partial charge in [-0.1, -0.05) is 11.3 Å². The maximum atomic E-state index is 11.1. The molecule has 0 fully saturated rings. The maximum Gasteiger partial charge on any atom is 0.182 e. The van der Waals surface area contributed by atoms with Crippen LogP contribution in [0.5, 0.6) is 0 Å². The van der Waals surface area contributed by atoms with Gasteiger partial charge in [0.05, 0.1) is 4.70 Å². The summed E-state index contributed by atoms with van der Waals surface area (Å²) < 4.78 is 0.921. The first-order valence-electron chi connectivity index (χ1n) is 3.33. The Labute approximate surface area is 76.8 Å². The molecule has 0 saturated carbocycles. The number of ketones is 1. The summed E-state index contributed by atoms with van der Waals surface area (Å²) >= 11 is 2.83. The van der Waals surface area contributed by atoms with E-state index in [4.69, 9.17) is 5.73 Å². The summed E-state index contributed by atoms with van der Waals surface area (Å²) in [6.45, 7) is 1.55. The summed E-state index contributed by atoms with van der Waals surface area (Å²) in [4.78, 5) is 16.0. The van der Waals surface area contributed by atoms with Gasteiger partial charge in [0, 0.05) is 10.9 Å². The van der Waals surface area contributed by atoms with E-state index in [2.05, 4.69) is 4.98 Å². The SMILES string of the molecule is CC(=O)c1csc2nc(N)sc12. The van der Waals surface area contributed by atoms with E-state index in [1.165, 1.54) is 22.7 Å². The molecule has 2 N–H and O–H groups in total. The zero-order valence-corrected chi connectivity index (χ0v) is 7.96. The van der Waals surface area contributed by atoms with Gasteiger partial charge in [-0.05, 0) is 6.92 Å². The largest absolute Gasteiger partial charge is 0.375 e. The molecular formula is C7H6N2OS2. The Morgan fingerprint density at radius 3 is 3.08 bits per heavy atom. The number of thiazole rings is 1. The standard InChI is InChI=1S/C7H6N2OS2/c1-3(10)4-2-11-6-5(4)12-7(8)9-6/h2H,1H3,(H2,8,9). The number of aromatic nitrogens is 1. The molecule has 2 aromatic rings. The fourth-order valence-electron chi connectivity index (χ4n) is 0.983. The van der Waals surface area contributed by atoms with Crippen LogP contribution >= 0.6 is 22.7 Å². The highest BCUT2D eigenvalue weighted by Crippen LogP contribution is 2.32. The lowest BCUT2D eigenvalue weighted by molar-refractivity contribution is 0.102. The van der Waals surface area contributed by atoms with Crippen LogP contribution in [-0.2, 0) is 0 Å². The van der Waals surface area contributed by atoms with Crippen LogP contribution < -0.4 is 5.73 Å². The monoisotopic (exact) mass is 198 g/mol. The van der Waals surface area contributed by atoms with Crippen LogP contribution in [0.3, 0.4) is 0 Å². The maximum absolute atomic E-state index is 11.1. The molecule has 0 amide bonds. The number of Topliss-reactive ketones (excluding diaryl/α,β-unsaturated/α-hetero) is 1. The topological polar surface area (TPSA) is 56.0 Å². The predicted octanol–water partition coefficient (Wildman–Crippen LogP) is 2.14. The first kappa shape index (κ1) is 7.70. The van der Waals surface area contributed by atoms with E-state index in [0.717, 1.165) is 15.1 Å². The van der Waals surface area contributed by atoms with Gasteiger partial charge in [-0.15, -0.1) is 11.3 Å². The van der Waals surface area contributed by atoms with E-state index in [0.29, 0.717) is 5.13 Å². The summed E-state index contributed by atoms with van der Waals surface area (Å²) in [7, 11) is 0. The van der Waals surface area contributed by atoms with Crippen molar-refractivity contribution in [2.75, 3.05) is 5.73 Å². The molecule has 0 aromatic carbocycles. The number of nitrogens with two attached hydrogens (primary N) is 1. The van der Waals surface area contributed by atoms with Crippen molar-refractivity contribution >= 4 is 43.1 Å². The number of carbonyl (C=O) groups is 1. The smallest absolute Gasteiger partial charge is 0.182 e. The van der Waals surface area contributed by atoms with Crippen LogP contribution in [0.1, 0.15) is 17.3 Å². The van der Waals surface area contributed by atoms with Crippen molar-refractivity contribution < 1.29 is 4.79 Å². The molecule has 0 radical (unpaired) electrons. The molecule has 0 unspecified atom stereocenters. The Morgan fingerprint density at radius 1 is 1.67 bits per heavy atom. The molecule has 62 valence electrons. The van der Waals surface area contributed by atoms with Gasteiger partial charge >= 0.3 is 0 Å². The molecule has 0 saturated heterocycles. The van der Waals surface area contributed by atoms with Crippen LogP contribution in [-0.4, -0.2) is 10.8 Å². The zero-order chi connectivity index (χ0) is 8.72. The molecule has 0 atom stereocenters. The molecule has 0 aliphatic rings. The number of nitrogens with zero attached hydrogens (tertiary/aromatic N) is 1. The quantitative estimate of drug-likeness (QED) is 0.714. The fraction of sp³-hybridized carbons (Fsp3) is 0.143. The summed E-state index contributed by atoms with van der Waals surface area (Å²) in [5.74, 6) is 0.0740. The lowest BCUT2D eigenvalue weighted by Crippen LogP contribution is -1.86. The predicted molar refractivity (Wildman–Crippen MR) is 51.9 cm³/mol. The number of anilines is 1. The number of hydrogen-bond donors (Lipinski definition) is 1. The highest BCUT2D eigenvalue weighted by atomic mass is 32.1. The molecule has 3 nitrogen and oxygen atoms in total. The lowest BCUT2D eigenvalue weighted by atomic mass is 10.2. The fourth-order valence-corrected chi connectivity index (χ4v) is 3.06. The van der Waals surface area contributed by atoms with Crippen LogP contribution in [0.15, 0.2) is 5.38 Å². The van der Waals surface area contributed by atoms with Gasteiger partial charge in [-0.25, -0.2) is 4.98 Å². The highest BCUT2D eigenvalue weighted by Gasteiger charge is 2.11. The van der Waals surface area contributed by atoms with Crippen LogP contribution in [0.2, 0.25) is 0 Å². The second-order valence-corrected chi connectivity index (χ2v) is 4.28. The Hall–Kier alpha value is -0.940. The summed E-state index contributed by atoms with van der Waals surface area (Å²) in [5, 5.41) is 2.36. The van der Waals surface area contributed by atoms with Crippen molar-refractivity contribution in [3.8, 4) is 0 Å². The number of hydrogen-bond acceptors (Lipinski definition) is 5. The first-order valence-corrected chi connectivity index (χ1v) is 5.02. The van der Waals surface area contributed by atoms with Gasteiger partial charge in [0.1, 0.15) is 4.83 Å². The molecule has 0 aliphatic carbocycles. The van der Waals surface area contributed by atoms with E-state index >= 15 is 0 Å². The average molecular weight is 198 g/mol. The van der Waals surface area contributed by atoms with Crippen molar-refractivity contribution in [1.82, 2.24) is 4.98 Å². The minimum atomic E-state index is 0.0740. The van der Waals surface area contributed by atoms with Crippen LogP contribution in [0, 0.1) is 0 Å². The van der Waals surface area contributed by atoms with Gasteiger partial charge in [0.25, 0.3) is 0 Å². The van der Waals surface area contributed by atoms with Gasteiger partial charge < -0.3 is 5.73 Å². The number of thiophene rings is 1. The number of rotatable bonds is 1. The van der Waals surface area contributed by atoms with Crippen molar-refractivity contribution in [3.05, 3.63) is 10.9 Å². The Morgan fingerprint density at radius 2 is 2.42 bits per heavy atom. The molecule has 2 aromatic heterocycles. The average Bonchev–Trinajstić information content (AvgIpc) is 2.43. The van der Waals surface area contributed by atoms with Gasteiger partial charge in [-0.3, -0.25) is 4.79 Å². The van der Waals surface area contributed by atoms with Crippen LogP contribution in [0.25, 0.3) is 9.53 Å². The molecule has 0 aliphatic heterocycles. The van der Waals surface area contributed by atoms with Crippen molar-refractivity contribution in [2.24, 2.45) is 0 Å². The third-order valence-electron chi connectivity index (χ3n) is 1.52. The van der Waals surface area contributed by atoms with Gasteiger partial charge in [0.15, 0.2) is 10.9 Å². The third kappa shape index (κ3) is 1.02. The Balaban J connectivity index is 2.76. The van der Waals surface area contributed by atoms with E-state index in [1.807, 2.05) is 5.38 Å². The first-order chi connectivity index (χ1) is 5.68. The van der Waals surface area contributed by atoms with E-state index in [1.54, 1.807) is 6.92 Å². The number of fused-ring (bicyclic) bond motifs is 1. The highest BCUT2D eigenvalue weighted by molar-refractivity contribution is 7.28. The van der Waals surface area contributed by atoms with E-state index in [9.17, 15) is 4.79 Å². The van der Waals surface area contributed by atoms with Crippen LogP contribution in [0.4, 0.5) is 5.13 Å². The van der Waals surface area contributed by atoms with E-state index in [-0.39, 0.29) is 5.78 Å². The molecule has 0 bridgehead atoms. The second-order valence-electron chi connectivity index (χ2n) is 2.39.